The van der Waals surface area contributed by atoms with Crippen molar-refractivity contribution in [2.24, 2.45) is 0 Å². The molecule has 0 aliphatic carbocycles. The number of carbonyl (C=O) groups is 1. The number of carbonyl (C=O) groups excluding carboxylic acids is 1. The molecular weight excluding hydrogens is 296 g/mol. The lowest BCUT2D eigenvalue weighted by Crippen LogP contribution is -2.39. The van der Waals surface area contributed by atoms with Crippen LogP contribution in [0.2, 0.25) is 0 Å². The lowest BCUT2D eigenvalue weighted by Gasteiger charge is -2.16. The molecule has 0 fully saturated rings. The van der Waals surface area contributed by atoms with Crippen LogP contribution < -0.4 is 5.32 Å². The Morgan fingerprint density at radius 2 is 2.10 bits per heavy atom. The number of hydrogen-bond acceptors (Lipinski definition) is 4. The highest BCUT2D eigenvalue weighted by molar-refractivity contribution is 7.99. The van der Waals surface area contributed by atoms with E-state index in [9.17, 15) is 13.6 Å². The average Bonchev–Trinajstić information content (AvgIpc) is 2.46. The lowest BCUT2D eigenvalue weighted by molar-refractivity contribution is -0.145. The molecule has 1 atom stereocenters. The van der Waals surface area contributed by atoms with E-state index in [-0.39, 0.29) is 12.0 Å². The van der Waals surface area contributed by atoms with Crippen LogP contribution in [0.25, 0.3) is 0 Å². The molecule has 0 heterocycles. The molecule has 0 bridgehead atoms. The number of hydrogen-bond donors (Lipinski definition) is 1. The summed E-state index contributed by atoms with van der Waals surface area (Å²) >= 11 is 1.39. The Balaban J connectivity index is 2.47. The first-order valence-corrected chi connectivity index (χ1v) is 8.04. The summed E-state index contributed by atoms with van der Waals surface area (Å²) in [6, 6.07) is 3.44. The minimum absolute atomic E-state index is 0.267. The van der Waals surface area contributed by atoms with Gasteiger partial charge in [0.25, 0.3) is 0 Å². The Morgan fingerprint density at radius 1 is 1.33 bits per heavy atom. The molecule has 1 aromatic rings. The lowest BCUT2D eigenvalue weighted by atomic mass is 10.2. The molecule has 0 aromatic heterocycles. The zero-order valence-corrected chi connectivity index (χ0v) is 13.1. The summed E-state index contributed by atoms with van der Waals surface area (Å²) in [5.41, 5.74) is 0. The molecular formula is C15H21F2NO2S. The first kappa shape index (κ1) is 17.9. The molecule has 1 aromatic carbocycles. The first-order valence-electron chi connectivity index (χ1n) is 7.06. The van der Waals surface area contributed by atoms with Crippen molar-refractivity contribution in [3.63, 3.8) is 0 Å². The van der Waals surface area contributed by atoms with Gasteiger partial charge in [-0.05, 0) is 44.5 Å². The number of ether oxygens (including phenoxy) is 1. The summed E-state index contributed by atoms with van der Waals surface area (Å²) in [6.45, 7) is 4.87. The molecule has 0 saturated heterocycles. The van der Waals surface area contributed by atoms with Crippen molar-refractivity contribution in [3.05, 3.63) is 29.8 Å². The zero-order chi connectivity index (χ0) is 15.7. The molecule has 0 amide bonds. The summed E-state index contributed by atoms with van der Waals surface area (Å²) in [5.74, 6) is -1.36. The van der Waals surface area contributed by atoms with Crippen LogP contribution in [0.1, 0.15) is 26.7 Å². The summed E-state index contributed by atoms with van der Waals surface area (Å²) in [7, 11) is 0. The highest BCUT2D eigenvalue weighted by Gasteiger charge is 2.18. The monoisotopic (exact) mass is 317 g/mol. The third-order valence-electron chi connectivity index (χ3n) is 2.78. The maximum Gasteiger partial charge on any atom is 0.323 e. The van der Waals surface area contributed by atoms with Gasteiger partial charge < -0.3 is 10.1 Å². The second kappa shape index (κ2) is 9.73. The minimum Gasteiger partial charge on any atom is -0.465 e. The Hall–Kier alpha value is -1.14. The number of halogens is 2. The van der Waals surface area contributed by atoms with Gasteiger partial charge in [-0.25, -0.2) is 8.78 Å². The first-order chi connectivity index (χ1) is 10.1. The fourth-order valence-electron chi connectivity index (χ4n) is 1.73. The van der Waals surface area contributed by atoms with Crippen LogP contribution in [0.5, 0.6) is 0 Å². The summed E-state index contributed by atoms with van der Waals surface area (Å²) < 4.78 is 30.9. The van der Waals surface area contributed by atoms with Crippen molar-refractivity contribution in [1.29, 1.82) is 0 Å². The fraction of sp³-hybridized carbons (Fsp3) is 0.533. The van der Waals surface area contributed by atoms with Crippen molar-refractivity contribution < 1.29 is 18.3 Å². The molecule has 118 valence electrons. The molecule has 6 heteroatoms. The number of thioether (sulfide) groups is 1. The largest absolute Gasteiger partial charge is 0.465 e. The molecule has 21 heavy (non-hydrogen) atoms. The Labute approximate surface area is 128 Å². The molecule has 1 rings (SSSR count). The molecule has 0 radical (unpaired) electrons. The number of benzene rings is 1. The highest BCUT2D eigenvalue weighted by atomic mass is 32.2. The van der Waals surface area contributed by atoms with Crippen LogP contribution in [-0.2, 0) is 9.53 Å². The second-order valence-corrected chi connectivity index (χ2v) is 5.64. The predicted molar refractivity (Wildman–Crippen MR) is 80.4 cm³/mol. The number of esters is 1. The number of nitrogens with one attached hydrogen (secondary N) is 1. The third-order valence-corrected chi connectivity index (χ3v) is 3.81. The molecule has 3 nitrogen and oxygen atoms in total. The van der Waals surface area contributed by atoms with Gasteiger partial charge >= 0.3 is 5.97 Å². The Kier molecular flexibility index (Phi) is 8.30. The van der Waals surface area contributed by atoms with Crippen molar-refractivity contribution in [2.45, 2.75) is 37.6 Å². The second-order valence-electron chi connectivity index (χ2n) is 4.47. The molecule has 0 aliphatic heterocycles. The van der Waals surface area contributed by atoms with Crippen LogP contribution in [-0.4, -0.2) is 30.9 Å². The smallest absolute Gasteiger partial charge is 0.323 e. The van der Waals surface area contributed by atoms with Gasteiger partial charge in [-0.3, -0.25) is 4.79 Å². The SMILES string of the molecule is CCCNC(CCSc1ccc(F)c(F)c1)C(=O)OCC. The van der Waals surface area contributed by atoms with Gasteiger partial charge in [0.05, 0.1) is 6.61 Å². The molecule has 1 N–H and O–H groups in total. The van der Waals surface area contributed by atoms with Gasteiger partial charge in [-0.2, -0.15) is 0 Å². The minimum atomic E-state index is -0.856. The highest BCUT2D eigenvalue weighted by Crippen LogP contribution is 2.21. The number of rotatable bonds is 9. The van der Waals surface area contributed by atoms with Crippen LogP contribution in [0.4, 0.5) is 8.78 Å². The van der Waals surface area contributed by atoms with E-state index in [1.807, 2.05) is 6.92 Å². The standard InChI is InChI=1S/C15H21F2NO2S/c1-3-8-18-14(15(19)20-4-2)7-9-21-11-5-6-12(16)13(17)10-11/h5-6,10,14,18H,3-4,7-9H2,1-2H3. The van der Waals surface area contributed by atoms with Crippen molar-refractivity contribution in [1.82, 2.24) is 5.32 Å². The predicted octanol–water partition coefficient (Wildman–Crippen LogP) is 3.38. The summed E-state index contributed by atoms with van der Waals surface area (Å²) in [6.07, 6.45) is 1.49. The summed E-state index contributed by atoms with van der Waals surface area (Å²) in [4.78, 5) is 12.4. The van der Waals surface area contributed by atoms with Gasteiger partial charge in [0.1, 0.15) is 6.04 Å². The molecule has 0 spiro atoms. The van der Waals surface area contributed by atoms with E-state index < -0.39 is 11.6 Å². The molecule has 1 unspecified atom stereocenters. The van der Waals surface area contributed by atoms with Gasteiger partial charge in [0, 0.05) is 10.6 Å². The van der Waals surface area contributed by atoms with Crippen molar-refractivity contribution in [2.75, 3.05) is 18.9 Å². The van der Waals surface area contributed by atoms with E-state index in [4.69, 9.17) is 4.74 Å². The quantitative estimate of drug-likeness (QED) is 0.560. The normalized spacial score (nSPS) is 12.2. The van der Waals surface area contributed by atoms with E-state index in [2.05, 4.69) is 5.32 Å². The molecule has 0 aliphatic rings. The van der Waals surface area contributed by atoms with Crippen LogP contribution in [0.3, 0.4) is 0 Å². The third kappa shape index (κ3) is 6.44. The van der Waals surface area contributed by atoms with Crippen molar-refractivity contribution >= 4 is 17.7 Å². The Bertz CT molecular complexity index is 457. The topological polar surface area (TPSA) is 38.3 Å². The van der Waals surface area contributed by atoms with Gasteiger partial charge in [-0.1, -0.05) is 6.92 Å². The van der Waals surface area contributed by atoms with Gasteiger partial charge in [0.2, 0.25) is 0 Å². The fourth-order valence-corrected chi connectivity index (χ4v) is 2.67. The summed E-state index contributed by atoms with van der Waals surface area (Å²) in [5, 5.41) is 3.14. The van der Waals surface area contributed by atoms with E-state index in [0.717, 1.165) is 19.0 Å². The van der Waals surface area contributed by atoms with E-state index in [0.29, 0.717) is 23.7 Å². The van der Waals surface area contributed by atoms with E-state index in [1.54, 1.807) is 6.92 Å². The van der Waals surface area contributed by atoms with Crippen LogP contribution in [0.15, 0.2) is 23.1 Å². The molecule has 0 saturated carbocycles. The Morgan fingerprint density at radius 3 is 2.71 bits per heavy atom. The maximum atomic E-state index is 13.1. The average molecular weight is 317 g/mol. The van der Waals surface area contributed by atoms with Gasteiger partial charge in [0.15, 0.2) is 11.6 Å². The van der Waals surface area contributed by atoms with Crippen molar-refractivity contribution in [3.8, 4) is 0 Å². The van der Waals surface area contributed by atoms with E-state index in [1.165, 1.54) is 23.9 Å². The maximum absolute atomic E-state index is 13.1. The van der Waals surface area contributed by atoms with Crippen LogP contribution >= 0.6 is 11.8 Å². The van der Waals surface area contributed by atoms with Gasteiger partial charge in [-0.15, -0.1) is 11.8 Å². The zero-order valence-electron chi connectivity index (χ0n) is 12.3. The van der Waals surface area contributed by atoms with Crippen LogP contribution in [0, 0.1) is 11.6 Å². The van der Waals surface area contributed by atoms with E-state index >= 15 is 0 Å².